The van der Waals surface area contributed by atoms with E-state index in [0.717, 1.165) is 26.2 Å². The van der Waals surface area contributed by atoms with Crippen molar-refractivity contribution in [3.8, 4) is 5.95 Å². The highest BCUT2D eigenvalue weighted by molar-refractivity contribution is 6.28. The lowest BCUT2D eigenvalue weighted by atomic mass is 10.2. The van der Waals surface area contributed by atoms with E-state index in [9.17, 15) is 0 Å². The van der Waals surface area contributed by atoms with Crippen molar-refractivity contribution in [2.45, 2.75) is 19.9 Å². The molecule has 0 amide bonds. The quantitative estimate of drug-likeness (QED) is 0.850. The van der Waals surface area contributed by atoms with Gasteiger partial charge < -0.3 is 4.90 Å². The molecular weight excluding hydrogens is 290 g/mol. The van der Waals surface area contributed by atoms with Crippen LogP contribution in [-0.2, 0) is 0 Å². The Bertz CT molecular complexity index is 591. The number of hydrogen-bond acceptors (Lipinski definition) is 6. The first-order valence-electron chi connectivity index (χ1n) is 7.04. The van der Waals surface area contributed by atoms with Crippen molar-refractivity contribution in [2.75, 3.05) is 31.1 Å². The van der Waals surface area contributed by atoms with Crippen LogP contribution in [0.1, 0.15) is 13.8 Å². The summed E-state index contributed by atoms with van der Waals surface area (Å²) in [7, 11) is 0. The van der Waals surface area contributed by atoms with Crippen LogP contribution in [0.3, 0.4) is 0 Å². The largest absolute Gasteiger partial charge is 0.338 e. The molecule has 3 rings (SSSR count). The fourth-order valence-corrected chi connectivity index (χ4v) is 2.55. The van der Waals surface area contributed by atoms with Crippen LogP contribution >= 0.6 is 11.6 Å². The molecule has 0 bridgehead atoms. The zero-order valence-electron chi connectivity index (χ0n) is 12.1. The average Bonchev–Trinajstić information content (AvgIpc) is 3.01. The Labute approximate surface area is 128 Å². The van der Waals surface area contributed by atoms with Gasteiger partial charge in [0.1, 0.15) is 0 Å². The molecule has 3 heterocycles. The van der Waals surface area contributed by atoms with Gasteiger partial charge in [0.2, 0.25) is 11.2 Å². The zero-order chi connectivity index (χ0) is 14.8. The number of anilines is 1. The molecule has 0 spiro atoms. The number of rotatable bonds is 3. The van der Waals surface area contributed by atoms with Gasteiger partial charge >= 0.3 is 0 Å². The van der Waals surface area contributed by atoms with Crippen LogP contribution < -0.4 is 4.90 Å². The molecule has 0 aliphatic carbocycles. The van der Waals surface area contributed by atoms with Crippen molar-refractivity contribution in [3.63, 3.8) is 0 Å². The van der Waals surface area contributed by atoms with Crippen molar-refractivity contribution < 1.29 is 0 Å². The summed E-state index contributed by atoms with van der Waals surface area (Å²) < 4.78 is 1.58. The van der Waals surface area contributed by atoms with Gasteiger partial charge in [-0.05, 0) is 31.5 Å². The van der Waals surface area contributed by atoms with Crippen molar-refractivity contribution in [3.05, 3.63) is 23.7 Å². The van der Waals surface area contributed by atoms with E-state index in [1.807, 2.05) is 6.07 Å². The van der Waals surface area contributed by atoms with Crippen molar-refractivity contribution in [1.29, 1.82) is 0 Å². The van der Waals surface area contributed by atoms with Crippen LogP contribution in [0.25, 0.3) is 5.95 Å². The van der Waals surface area contributed by atoms with Gasteiger partial charge in [-0.15, -0.1) is 0 Å². The molecule has 0 saturated carbocycles. The highest BCUT2D eigenvalue weighted by atomic mass is 35.5. The smallest absolute Gasteiger partial charge is 0.256 e. The summed E-state index contributed by atoms with van der Waals surface area (Å²) in [5.41, 5.74) is 0. The maximum atomic E-state index is 6.02. The van der Waals surface area contributed by atoms with E-state index < -0.39 is 0 Å². The van der Waals surface area contributed by atoms with E-state index >= 15 is 0 Å². The lowest BCUT2D eigenvalue weighted by Crippen LogP contribution is -2.49. The molecule has 0 radical (unpaired) electrons. The summed E-state index contributed by atoms with van der Waals surface area (Å²) in [5, 5.41) is 4.32. The van der Waals surface area contributed by atoms with Crippen LogP contribution in [0, 0.1) is 0 Å². The van der Waals surface area contributed by atoms with Crippen LogP contribution in [0.5, 0.6) is 0 Å². The monoisotopic (exact) mass is 307 g/mol. The highest BCUT2D eigenvalue weighted by Crippen LogP contribution is 2.16. The summed E-state index contributed by atoms with van der Waals surface area (Å²) in [5.74, 6) is 1.06. The predicted octanol–water partition coefficient (Wildman–Crippen LogP) is 1.24. The molecular formula is C13H18ClN7. The van der Waals surface area contributed by atoms with E-state index in [2.05, 4.69) is 43.7 Å². The van der Waals surface area contributed by atoms with Gasteiger partial charge in [0, 0.05) is 44.6 Å². The van der Waals surface area contributed by atoms with Gasteiger partial charge in [0.15, 0.2) is 0 Å². The number of nitrogens with zero attached hydrogens (tertiary/aromatic N) is 7. The number of aromatic nitrogens is 5. The maximum Gasteiger partial charge on any atom is 0.256 e. The third-order valence-corrected chi connectivity index (χ3v) is 3.79. The lowest BCUT2D eigenvalue weighted by molar-refractivity contribution is 0.208. The number of halogens is 1. The predicted molar refractivity (Wildman–Crippen MR) is 80.9 cm³/mol. The van der Waals surface area contributed by atoms with Gasteiger partial charge in [0.05, 0.1) is 0 Å². The van der Waals surface area contributed by atoms with Crippen LogP contribution in [0.15, 0.2) is 18.5 Å². The third-order valence-electron chi connectivity index (χ3n) is 3.62. The van der Waals surface area contributed by atoms with Gasteiger partial charge in [-0.25, -0.2) is 4.68 Å². The zero-order valence-corrected chi connectivity index (χ0v) is 12.9. The molecule has 1 fully saturated rings. The van der Waals surface area contributed by atoms with Crippen LogP contribution in [0.2, 0.25) is 5.28 Å². The van der Waals surface area contributed by atoms with Crippen LogP contribution in [-0.4, -0.2) is 61.9 Å². The summed E-state index contributed by atoms with van der Waals surface area (Å²) >= 11 is 6.02. The molecule has 0 aromatic carbocycles. The summed E-state index contributed by atoms with van der Waals surface area (Å²) in [6.07, 6.45) is 3.46. The minimum Gasteiger partial charge on any atom is -0.338 e. The van der Waals surface area contributed by atoms with Gasteiger partial charge in [-0.3, -0.25) is 4.90 Å². The Balaban J connectivity index is 1.80. The molecule has 0 unspecified atom stereocenters. The van der Waals surface area contributed by atoms with Gasteiger partial charge in [-0.2, -0.15) is 20.1 Å². The normalized spacial score (nSPS) is 16.7. The second kappa shape index (κ2) is 5.95. The molecule has 1 aliphatic heterocycles. The second-order valence-corrected chi connectivity index (χ2v) is 5.61. The Morgan fingerprint density at radius 3 is 2.38 bits per heavy atom. The molecule has 7 nitrogen and oxygen atoms in total. The molecule has 2 aromatic rings. The van der Waals surface area contributed by atoms with Crippen molar-refractivity contribution in [2.24, 2.45) is 0 Å². The first-order valence-corrected chi connectivity index (χ1v) is 7.42. The standard InChI is InChI=1S/C13H18ClN7/c1-10(2)19-6-8-20(9-7-19)12-16-11(14)17-13(18-12)21-5-3-4-15-21/h3-5,10H,6-9H2,1-2H3. The first kappa shape index (κ1) is 14.2. The maximum absolute atomic E-state index is 6.02. The van der Waals surface area contributed by atoms with E-state index in [0.29, 0.717) is 17.9 Å². The van der Waals surface area contributed by atoms with Crippen molar-refractivity contribution in [1.82, 2.24) is 29.6 Å². The molecule has 0 atom stereocenters. The highest BCUT2D eigenvalue weighted by Gasteiger charge is 2.21. The summed E-state index contributed by atoms with van der Waals surface area (Å²) in [4.78, 5) is 17.4. The molecule has 2 aromatic heterocycles. The lowest BCUT2D eigenvalue weighted by Gasteiger charge is -2.36. The van der Waals surface area contributed by atoms with E-state index in [-0.39, 0.29) is 5.28 Å². The molecule has 8 heteroatoms. The topological polar surface area (TPSA) is 63.0 Å². The van der Waals surface area contributed by atoms with Crippen molar-refractivity contribution >= 4 is 17.5 Å². The van der Waals surface area contributed by atoms with E-state index in [4.69, 9.17) is 11.6 Å². The molecule has 112 valence electrons. The van der Waals surface area contributed by atoms with Gasteiger partial charge in [0.25, 0.3) is 5.95 Å². The molecule has 21 heavy (non-hydrogen) atoms. The van der Waals surface area contributed by atoms with Gasteiger partial charge in [-0.1, -0.05) is 0 Å². The Morgan fingerprint density at radius 1 is 1.05 bits per heavy atom. The molecule has 0 N–H and O–H groups in total. The minimum absolute atomic E-state index is 0.191. The fourth-order valence-electron chi connectivity index (χ4n) is 2.40. The Morgan fingerprint density at radius 2 is 1.76 bits per heavy atom. The fraction of sp³-hybridized carbons (Fsp3) is 0.538. The SMILES string of the molecule is CC(C)N1CCN(c2nc(Cl)nc(-n3cccn3)n2)CC1. The summed E-state index contributed by atoms with van der Waals surface area (Å²) in [6, 6.07) is 2.38. The first-order chi connectivity index (χ1) is 10.1. The number of hydrogen-bond donors (Lipinski definition) is 0. The molecule has 1 aliphatic rings. The van der Waals surface area contributed by atoms with Crippen LogP contribution in [0.4, 0.5) is 5.95 Å². The number of piperazine rings is 1. The third kappa shape index (κ3) is 3.14. The molecule has 1 saturated heterocycles. The van der Waals surface area contributed by atoms with E-state index in [1.165, 1.54) is 0 Å². The average molecular weight is 308 g/mol. The van der Waals surface area contributed by atoms with E-state index in [1.54, 1.807) is 17.1 Å². The minimum atomic E-state index is 0.191. The Kier molecular flexibility index (Phi) is 4.03. The second-order valence-electron chi connectivity index (χ2n) is 5.27. The summed E-state index contributed by atoms with van der Waals surface area (Å²) in [6.45, 7) is 8.20. The Hall–Kier alpha value is -1.73.